The summed E-state index contributed by atoms with van der Waals surface area (Å²) in [4.78, 5) is 39.7. The molecular weight excluding hydrogens is 425 g/mol. The van der Waals surface area contributed by atoms with Crippen LogP contribution < -0.4 is 10.6 Å². The third-order valence-electron chi connectivity index (χ3n) is 6.39. The molecule has 174 valence electrons. The van der Waals surface area contributed by atoms with E-state index in [1.54, 1.807) is 42.3 Å². The average Bonchev–Trinajstić information content (AvgIpc) is 3.14. The normalized spacial score (nSPS) is 18.1. The summed E-state index contributed by atoms with van der Waals surface area (Å²) in [5, 5.41) is 5.73. The van der Waals surface area contributed by atoms with E-state index in [2.05, 4.69) is 10.6 Å². The Morgan fingerprint density at radius 1 is 1.18 bits per heavy atom. The number of nitrogens with zero attached hydrogens (tertiary/aromatic N) is 1. The highest BCUT2D eigenvalue weighted by molar-refractivity contribution is 6.04. The number of fused-ring (bicyclic) bond motifs is 1. The predicted octanol–water partition coefficient (Wildman–Crippen LogP) is 2.72. The number of hydrogen-bond donors (Lipinski definition) is 2. The fourth-order valence-electron chi connectivity index (χ4n) is 4.68. The zero-order chi connectivity index (χ0) is 23.4. The van der Waals surface area contributed by atoms with Crippen molar-refractivity contribution in [1.82, 2.24) is 10.2 Å². The van der Waals surface area contributed by atoms with Crippen LogP contribution in [0.4, 0.5) is 10.1 Å². The lowest BCUT2D eigenvalue weighted by Crippen LogP contribution is -2.41. The molecule has 0 bridgehead atoms. The zero-order valence-corrected chi connectivity index (χ0v) is 18.6. The van der Waals surface area contributed by atoms with Crippen molar-refractivity contribution < 1.29 is 23.5 Å². The van der Waals surface area contributed by atoms with Crippen molar-refractivity contribution in [3.8, 4) is 0 Å². The molecule has 2 aliphatic rings. The van der Waals surface area contributed by atoms with Crippen LogP contribution in [0.15, 0.2) is 42.5 Å². The first-order chi connectivity index (χ1) is 16.0. The van der Waals surface area contributed by atoms with Gasteiger partial charge in [-0.1, -0.05) is 12.1 Å². The van der Waals surface area contributed by atoms with Crippen molar-refractivity contribution in [2.75, 3.05) is 38.7 Å². The Balaban J connectivity index is 1.39. The molecule has 0 saturated carbocycles. The monoisotopic (exact) mass is 453 g/mol. The summed E-state index contributed by atoms with van der Waals surface area (Å²) in [6, 6.07) is 11.4. The molecule has 7 nitrogen and oxygen atoms in total. The Kier molecular flexibility index (Phi) is 7.03. The minimum atomic E-state index is -0.350. The first-order valence-electron chi connectivity index (χ1n) is 11.2. The summed E-state index contributed by atoms with van der Waals surface area (Å²) < 4.78 is 18.4. The number of carbonyl (C=O) groups is 3. The second-order valence-electron chi connectivity index (χ2n) is 8.54. The van der Waals surface area contributed by atoms with Gasteiger partial charge in [0.2, 0.25) is 11.8 Å². The number of amides is 3. The van der Waals surface area contributed by atoms with E-state index in [0.717, 1.165) is 11.3 Å². The lowest BCUT2D eigenvalue weighted by Gasteiger charge is -2.34. The maximum atomic E-state index is 13.4. The fraction of sp³-hybridized carbons (Fsp3) is 0.400. The molecule has 2 aromatic rings. The lowest BCUT2D eigenvalue weighted by molar-refractivity contribution is -0.132. The number of rotatable bonds is 7. The zero-order valence-electron chi connectivity index (χ0n) is 18.6. The number of carbonyl (C=O) groups excluding carboxylic acids is 3. The topological polar surface area (TPSA) is 87.7 Å². The Hall–Kier alpha value is -3.26. The highest BCUT2D eigenvalue weighted by Crippen LogP contribution is 2.41. The van der Waals surface area contributed by atoms with Gasteiger partial charge in [-0.2, -0.15) is 0 Å². The van der Waals surface area contributed by atoms with E-state index < -0.39 is 0 Å². The minimum absolute atomic E-state index is 0.0367. The largest absolute Gasteiger partial charge is 0.383 e. The Labute approximate surface area is 192 Å². The molecule has 2 heterocycles. The van der Waals surface area contributed by atoms with Crippen LogP contribution in [0.5, 0.6) is 0 Å². The Morgan fingerprint density at radius 3 is 2.70 bits per heavy atom. The van der Waals surface area contributed by atoms with Crippen molar-refractivity contribution in [3.05, 3.63) is 65.0 Å². The van der Waals surface area contributed by atoms with Gasteiger partial charge in [-0.25, -0.2) is 4.39 Å². The van der Waals surface area contributed by atoms with Gasteiger partial charge in [0.1, 0.15) is 5.82 Å². The molecule has 1 atom stereocenters. The SMILES string of the molecule is COCCNC(=O)c1ccc2c(c1)[C@@H](C1CCN(C(=O)Cc3cccc(F)c3)CC1)C(=O)N2. The standard InChI is InChI=1S/C25H28FN3O4/c1-33-12-9-27-24(31)18-5-6-21-20(15-18)23(25(32)28-21)17-7-10-29(11-8-17)22(30)14-16-3-2-4-19(26)13-16/h2-6,13,15,17,23H,7-12,14H2,1H3,(H,27,31)(H,28,32)/t23-/m1/s1. The summed E-state index contributed by atoms with van der Waals surface area (Å²) in [5.41, 5.74) is 2.74. The molecular formula is C25H28FN3O4. The lowest BCUT2D eigenvalue weighted by atomic mass is 9.80. The van der Waals surface area contributed by atoms with Crippen molar-refractivity contribution in [3.63, 3.8) is 0 Å². The predicted molar refractivity (Wildman–Crippen MR) is 121 cm³/mol. The van der Waals surface area contributed by atoms with E-state index in [9.17, 15) is 18.8 Å². The average molecular weight is 454 g/mol. The number of ether oxygens (including phenoxy) is 1. The summed E-state index contributed by atoms with van der Waals surface area (Å²) >= 11 is 0. The van der Waals surface area contributed by atoms with E-state index in [1.807, 2.05) is 0 Å². The first kappa shape index (κ1) is 22.9. The molecule has 2 N–H and O–H groups in total. The third kappa shape index (κ3) is 5.22. The van der Waals surface area contributed by atoms with Gasteiger partial charge in [0.15, 0.2) is 0 Å². The minimum Gasteiger partial charge on any atom is -0.383 e. The number of nitrogens with one attached hydrogen (secondary N) is 2. The molecule has 2 aliphatic heterocycles. The number of methoxy groups -OCH3 is 1. The van der Waals surface area contributed by atoms with Gasteiger partial charge in [0, 0.05) is 38.0 Å². The molecule has 0 unspecified atom stereocenters. The second-order valence-corrected chi connectivity index (χ2v) is 8.54. The van der Waals surface area contributed by atoms with Crippen LogP contribution >= 0.6 is 0 Å². The Morgan fingerprint density at radius 2 is 1.97 bits per heavy atom. The van der Waals surface area contributed by atoms with E-state index >= 15 is 0 Å². The summed E-state index contributed by atoms with van der Waals surface area (Å²) in [6.45, 7) is 1.94. The van der Waals surface area contributed by atoms with Crippen LogP contribution in [0.25, 0.3) is 0 Å². The molecule has 4 rings (SSSR count). The second kappa shape index (κ2) is 10.1. The summed E-state index contributed by atoms with van der Waals surface area (Å²) in [5.74, 6) is -0.914. The molecule has 0 aliphatic carbocycles. The van der Waals surface area contributed by atoms with Crippen LogP contribution in [-0.4, -0.2) is 56.0 Å². The number of piperidine rings is 1. The smallest absolute Gasteiger partial charge is 0.251 e. The van der Waals surface area contributed by atoms with Gasteiger partial charge < -0.3 is 20.3 Å². The van der Waals surface area contributed by atoms with E-state index in [0.29, 0.717) is 50.2 Å². The van der Waals surface area contributed by atoms with Crippen LogP contribution in [0, 0.1) is 11.7 Å². The third-order valence-corrected chi connectivity index (χ3v) is 6.39. The molecule has 33 heavy (non-hydrogen) atoms. The van der Waals surface area contributed by atoms with Gasteiger partial charge in [0.05, 0.1) is 18.9 Å². The number of likely N-dealkylation sites (tertiary alicyclic amines) is 1. The van der Waals surface area contributed by atoms with Gasteiger partial charge in [-0.15, -0.1) is 0 Å². The molecule has 2 aromatic carbocycles. The maximum Gasteiger partial charge on any atom is 0.251 e. The number of benzene rings is 2. The van der Waals surface area contributed by atoms with Crippen LogP contribution in [-0.2, 0) is 20.7 Å². The van der Waals surface area contributed by atoms with E-state index in [4.69, 9.17) is 4.74 Å². The number of hydrogen-bond acceptors (Lipinski definition) is 4. The van der Waals surface area contributed by atoms with Gasteiger partial charge in [-0.05, 0) is 60.2 Å². The first-order valence-corrected chi connectivity index (χ1v) is 11.2. The molecule has 1 saturated heterocycles. The van der Waals surface area contributed by atoms with E-state index in [1.165, 1.54) is 12.1 Å². The van der Waals surface area contributed by atoms with Gasteiger partial charge >= 0.3 is 0 Å². The quantitative estimate of drug-likeness (QED) is 0.631. The van der Waals surface area contributed by atoms with Crippen molar-refractivity contribution in [1.29, 1.82) is 0 Å². The Bertz CT molecular complexity index is 1050. The highest BCUT2D eigenvalue weighted by Gasteiger charge is 2.39. The van der Waals surface area contributed by atoms with Gasteiger partial charge in [0.25, 0.3) is 5.91 Å². The molecule has 0 spiro atoms. The molecule has 0 aromatic heterocycles. The number of halogens is 1. The molecule has 3 amide bonds. The van der Waals surface area contributed by atoms with Crippen LogP contribution in [0.2, 0.25) is 0 Å². The maximum absolute atomic E-state index is 13.4. The van der Waals surface area contributed by atoms with Crippen molar-refractivity contribution >= 4 is 23.4 Å². The summed E-state index contributed by atoms with van der Waals surface area (Å²) in [6.07, 6.45) is 1.55. The van der Waals surface area contributed by atoms with Crippen molar-refractivity contribution in [2.24, 2.45) is 5.92 Å². The molecule has 0 radical (unpaired) electrons. The fourth-order valence-corrected chi connectivity index (χ4v) is 4.68. The number of anilines is 1. The van der Waals surface area contributed by atoms with Crippen LogP contribution in [0.3, 0.4) is 0 Å². The molecule has 1 fully saturated rings. The summed E-state index contributed by atoms with van der Waals surface area (Å²) in [7, 11) is 1.57. The van der Waals surface area contributed by atoms with Gasteiger partial charge in [-0.3, -0.25) is 14.4 Å². The highest BCUT2D eigenvalue weighted by atomic mass is 19.1. The van der Waals surface area contributed by atoms with E-state index in [-0.39, 0.29) is 41.8 Å². The van der Waals surface area contributed by atoms with Crippen molar-refractivity contribution in [2.45, 2.75) is 25.2 Å². The molecule has 8 heteroatoms. The van der Waals surface area contributed by atoms with Crippen LogP contribution in [0.1, 0.15) is 40.2 Å².